The molecule has 0 N–H and O–H groups in total. The van der Waals surface area contributed by atoms with Crippen molar-refractivity contribution in [2.75, 3.05) is 20.3 Å². The third kappa shape index (κ3) is 5.66. The number of ether oxygens (including phenoxy) is 2. The maximum Gasteiger partial charge on any atom is 0.225 e. The average Bonchev–Trinajstić information content (AvgIpc) is 3.07. The molecule has 0 fully saturated rings. The predicted molar refractivity (Wildman–Crippen MR) is 122 cm³/mol. The zero-order valence-electron chi connectivity index (χ0n) is 18.3. The largest absolute Gasteiger partial charge is 0.439 e. The molecule has 0 atom stereocenters. The van der Waals surface area contributed by atoms with Crippen molar-refractivity contribution in [2.45, 2.75) is 20.4 Å². The highest BCUT2D eigenvalue weighted by Crippen LogP contribution is 2.34. The Balaban J connectivity index is 2.05. The maximum absolute atomic E-state index is 12.9. The third-order valence-corrected chi connectivity index (χ3v) is 5.14. The number of hydrogen-bond acceptors (Lipinski definition) is 4. The standard InChI is InChI=1S/C24H28ClN3O3/c1-17(2)23(29)28(14-15-30-4)16-21-22(18-8-6-5-7-9-18)26-27(3)24(21)31-20-12-10-19(25)11-13-20/h5-13,17H,14-16H2,1-4H3. The summed E-state index contributed by atoms with van der Waals surface area (Å²) in [5, 5.41) is 5.36. The summed E-state index contributed by atoms with van der Waals surface area (Å²) in [6.07, 6.45) is 0. The van der Waals surface area contributed by atoms with Gasteiger partial charge in [-0.2, -0.15) is 5.10 Å². The molecule has 31 heavy (non-hydrogen) atoms. The molecule has 7 heteroatoms. The number of carbonyl (C=O) groups is 1. The summed E-state index contributed by atoms with van der Waals surface area (Å²) >= 11 is 6.01. The number of aryl methyl sites for hydroxylation is 1. The van der Waals surface area contributed by atoms with Gasteiger partial charge in [-0.15, -0.1) is 0 Å². The summed E-state index contributed by atoms with van der Waals surface area (Å²) < 4.78 is 13.2. The number of halogens is 1. The highest BCUT2D eigenvalue weighted by atomic mass is 35.5. The van der Waals surface area contributed by atoms with E-state index in [2.05, 4.69) is 0 Å². The fourth-order valence-corrected chi connectivity index (χ4v) is 3.42. The topological polar surface area (TPSA) is 56.6 Å². The molecule has 1 amide bonds. The van der Waals surface area contributed by atoms with Crippen LogP contribution < -0.4 is 4.74 Å². The summed E-state index contributed by atoms with van der Waals surface area (Å²) in [5.74, 6) is 1.15. The predicted octanol–water partition coefficient (Wildman–Crippen LogP) is 5.16. The number of aromatic nitrogens is 2. The van der Waals surface area contributed by atoms with Crippen molar-refractivity contribution in [1.82, 2.24) is 14.7 Å². The van der Waals surface area contributed by atoms with E-state index in [0.717, 1.165) is 16.8 Å². The monoisotopic (exact) mass is 441 g/mol. The van der Waals surface area contributed by atoms with E-state index in [-0.39, 0.29) is 11.8 Å². The second-order valence-corrected chi connectivity index (χ2v) is 8.02. The average molecular weight is 442 g/mol. The van der Waals surface area contributed by atoms with Crippen LogP contribution in [-0.4, -0.2) is 40.8 Å². The van der Waals surface area contributed by atoms with Gasteiger partial charge in [0.05, 0.1) is 18.7 Å². The lowest BCUT2D eigenvalue weighted by Gasteiger charge is -2.25. The number of hydrogen-bond donors (Lipinski definition) is 0. The van der Waals surface area contributed by atoms with Gasteiger partial charge >= 0.3 is 0 Å². The first kappa shape index (κ1) is 22.8. The molecule has 0 radical (unpaired) electrons. The molecule has 1 heterocycles. The van der Waals surface area contributed by atoms with Crippen LogP contribution in [0.25, 0.3) is 11.3 Å². The van der Waals surface area contributed by atoms with Gasteiger partial charge in [0.25, 0.3) is 0 Å². The molecule has 0 aliphatic heterocycles. The molecule has 0 aliphatic carbocycles. The molecule has 0 saturated heterocycles. The van der Waals surface area contributed by atoms with Gasteiger partial charge in [0.15, 0.2) is 0 Å². The normalized spacial score (nSPS) is 11.0. The van der Waals surface area contributed by atoms with Crippen LogP contribution in [0.3, 0.4) is 0 Å². The Morgan fingerprint density at radius 1 is 1.13 bits per heavy atom. The number of methoxy groups -OCH3 is 1. The minimum atomic E-state index is -0.130. The van der Waals surface area contributed by atoms with Crippen LogP contribution in [-0.2, 0) is 23.1 Å². The van der Waals surface area contributed by atoms with E-state index in [4.69, 9.17) is 26.2 Å². The fourth-order valence-electron chi connectivity index (χ4n) is 3.29. The summed E-state index contributed by atoms with van der Waals surface area (Å²) in [6.45, 7) is 5.09. The van der Waals surface area contributed by atoms with E-state index in [1.165, 1.54) is 0 Å². The quantitative estimate of drug-likeness (QED) is 0.460. The Labute approximate surface area is 188 Å². The Bertz CT molecular complexity index is 1000. The van der Waals surface area contributed by atoms with Crippen LogP contribution in [0.5, 0.6) is 11.6 Å². The van der Waals surface area contributed by atoms with Crippen LogP contribution in [0, 0.1) is 5.92 Å². The number of amides is 1. The van der Waals surface area contributed by atoms with Gasteiger partial charge in [-0.25, -0.2) is 4.68 Å². The highest BCUT2D eigenvalue weighted by Gasteiger charge is 2.25. The number of carbonyl (C=O) groups excluding carboxylic acids is 1. The number of benzene rings is 2. The molecular weight excluding hydrogens is 414 g/mol. The molecule has 1 aromatic heterocycles. The molecule has 0 unspecified atom stereocenters. The van der Waals surface area contributed by atoms with Gasteiger partial charge < -0.3 is 14.4 Å². The SMILES string of the molecule is COCCN(Cc1c(-c2ccccc2)nn(C)c1Oc1ccc(Cl)cc1)C(=O)C(C)C. The molecule has 0 aliphatic rings. The summed E-state index contributed by atoms with van der Waals surface area (Å²) in [4.78, 5) is 14.7. The zero-order valence-corrected chi connectivity index (χ0v) is 19.1. The third-order valence-electron chi connectivity index (χ3n) is 4.88. The number of rotatable bonds is 9. The van der Waals surface area contributed by atoms with Crippen molar-refractivity contribution in [2.24, 2.45) is 13.0 Å². The van der Waals surface area contributed by atoms with Crippen LogP contribution in [0.15, 0.2) is 54.6 Å². The minimum absolute atomic E-state index is 0.0531. The van der Waals surface area contributed by atoms with Gasteiger partial charge in [-0.1, -0.05) is 55.8 Å². The van der Waals surface area contributed by atoms with Crippen molar-refractivity contribution < 1.29 is 14.3 Å². The Kier molecular flexibility index (Phi) is 7.71. The molecular formula is C24H28ClN3O3. The lowest BCUT2D eigenvalue weighted by molar-refractivity contribution is -0.135. The Morgan fingerprint density at radius 2 is 1.81 bits per heavy atom. The fraction of sp³-hybridized carbons (Fsp3) is 0.333. The van der Waals surface area contributed by atoms with Gasteiger partial charge in [-0.3, -0.25) is 4.79 Å². The van der Waals surface area contributed by atoms with Crippen molar-refractivity contribution in [3.05, 3.63) is 65.2 Å². The minimum Gasteiger partial charge on any atom is -0.439 e. The van der Waals surface area contributed by atoms with Crippen LogP contribution in [0.1, 0.15) is 19.4 Å². The van der Waals surface area contributed by atoms with Gasteiger partial charge in [0, 0.05) is 37.2 Å². The maximum atomic E-state index is 12.9. The Morgan fingerprint density at radius 3 is 2.42 bits per heavy atom. The second-order valence-electron chi connectivity index (χ2n) is 7.59. The molecule has 3 rings (SSSR count). The van der Waals surface area contributed by atoms with E-state index >= 15 is 0 Å². The van der Waals surface area contributed by atoms with Crippen molar-refractivity contribution >= 4 is 17.5 Å². The molecule has 164 valence electrons. The summed E-state index contributed by atoms with van der Waals surface area (Å²) in [7, 11) is 3.47. The van der Waals surface area contributed by atoms with Crippen molar-refractivity contribution in [3.8, 4) is 22.9 Å². The van der Waals surface area contributed by atoms with Crippen molar-refractivity contribution in [3.63, 3.8) is 0 Å². The first-order valence-corrected chi connectivity index (χ1v) is 10.6. The van der Waals surface area contributed by atoms with Gasteiger partial charge in [0.1, 0.15) is 11.4 Å². The van der Waals surface area contributed by atoms with Crippen molar-refractivity contribution in [1.29, 1.82) is 0 Å². The first-order chi connectivity index (χ1) is 14.9. The van der Waals surface area contributed by atoms with Gasteiger partial charge in [-0.05, 0) is 24.3 Å². The zero-order chi connectivity index (χ0) is 22.4. The van der Waals surface area contributed by atoms with Gasteiger partial charge in [0.2, 0.25) is 11.8 Å². The molecule has 0 saturated carbocycles. The number of nitrogens with zero attached hydrogens (tertiary/aromatic N) is 3. The highest BCUT2D eigenvalue weighted by molar-refractivity contribution is 6.30. The summed E-state index contributed by atoms with van der Waals surface area (Å²) in [6, 6.07) is 17.1. The van der Waals surface area contributed by atoms with E-state index in [9.17, 15) is 4.79 Å². The first-order valence-electron chi connectivity index (χ1n) is 10.2. The Hall–Kier alpha value is -2.83. The van der Waals surface area contributed by atoms with Crippen LogP contribution >= 0.6 is 11.6 Å². The van der Waals surface area contributed by atoms with Crippen LogP contribution in [0.4, 0.5) is 0 Å². The molecule has 3 aromatic rings. The van der Waals surface area contributed by atoms with E-state index in [1.54, 1.807) is 28.8 Å². The molecule has 6 nitrogen and oxygen atoms in total. The van der Waals surface area contributed by atoms with E-state index < -0.39 is 0 Å². The molecule has 0 bridgehead atoms. The molecule has 2 aromatic carbocycles. The van der Waals surface area contributed by atoms with Crippen LogP contribution in [0.2, 0.25) is 5.02 Å². The lowest BCUT2D eigenvalue weighted by atomic mass is 10.1. The molecule has 0 spiro atoms. The summed E-state index contributed by atoms with van der Waals surface area (Å²) in [5.41, 5.74) is 2.59. The smallest absolute Gasteiger partial charge is 0.225 e. The van der Waals surface area contributed by atoms with E-state index in [0.29, 0.717) is 36.3 Å². The van der Waals surface area contributed by atoms with E-state index in [1.807, 2.05) is 63.4 Å². The lowest BCUT2D eigenvalue weighted by Crippen LogP contribution is -2.36. The second kappa shape index (κ2) is 10.5.